The van der Waals surface area contributed by atoms with Gasteiger partial charge in [-0.1, -0.05) is 42.5 Å². The Balaban J connectivity index is 1.61. The van der Waals surface area contributed by atoms with Crippen LogP contribution in [0.5, 0.6) is 0 Å². The molecular formula is C20H25BN2O4. The maximum atomic E-state index is 12.3. The summed E-state index contributed by atoms with van der Waals surface area (Å²) in [6.07, 6.45) is 2.89. The number of carbonyl (C=O) groups excluding carboxylic acids is 2. The van der Waals surface area contributed by atoms with Gasteiger partial charge in [-0.15, -0.1) is 0 Å². The molecule has 1 unspecified atom stereocenters. The van der Waals surface area contributed by atoms with Crippen LogP contribution in [0.4, 0.5) is 0 Å². The van der Waals surface area contributed by atoms with Crippen molar-refractivity contribution in [2.24, 2.45) is 0 Å². The topological polar surface area (TPSA) is 89.9 Å². The van der Waals surface area contributed by atoms with Crippen molar-refractivity contribution in [3.8, 4) is 0 Å². The number of rotatable bonds is 7. The summed E-state index contributed by atoms with van der Waals surface area (Å²) < 4.78 is 0. The van der Waals surface area contributed by atoms with E-state index in [4.69, 9.17) is 0 Å². The molecule has 6 nitrogen and oxygen atoms in total. The number of hydrogen-bond donors (Lipinski definition) is 3. The second-order valence-electron chi connectivity index (χ2n) is 7.02. The molecule has 0 aromatic heterocycles. The van der Waals surface area contributed by atoms with Crippen LogP contribution in [0.1, 0.15) is 31.2 Å². The van der Waals surface area contributed by atoms with E-state index in [1.807, 2.05) is 42.5 Å². The summed E-state index contributed by atoms with van der Waals surface area (Å²) in [6.45, 7) is 1.06. The molecule has 1 atom stereocenters. The average molecular weight is 368 g/mol. The summed E-state index contributed by atoms with van der Waals surface area (Å²) in [5, 5.41) is 24.3. The summed E-state index contributed by atoms with van der Waals surface area (Å²) >= 11 is 0. The molecule has 0 bridgehead atoms. The Morgan fingerprint density at radius 2 is 1.93 bits per heavy atom. The van der Waals surface area contributed by atoms with Crippen LogP contribution in [-0.2, 0) is 16.0 Å². The Labute approximate surface area is 159 Å². The quantitative estimate of drug-likeness (QED) is 0.643. The highest BCUT2D eigenvalue weighted by Crippen LogP contribution is 2.20. The zero-order valence-electron chi connectivity index (χ0n) is 15.3. The SMILES string of the molecule is O=C(CCN1CCCCC1=O)NC(Cc1cccc2ccccc12)B(O)O. The largest absolute Gasteiger partial charge is 0.475 e. The molecule has 1 aliphatic heterocycles. The number of benzene rings is 2. The highest BCUT2D eigenvalue weighted by atomic mass is 16.4. The van der Waals surface area contributed by atoms with E-state index in [1.54, 1.807) is 4.90 Å². The maximum Gasteiger partial charge on any atom is 0.475 e. The molecule has 1 heterocycles. The molecule has 0 saturated carbocycles. The standard InChI is InChI=1S/C20H25BN2O4/c24-19(11-13-23-12-4-3-10-20(23)25)22-18(21(26)27)14-16-8-5-7-15-6-1-2-9-17(15)16/h1-2,5-9,18,26-27H,3-4,10-14H2,(H,22,24). The van der Waals surface area contributed by atoms with Gasteiger partial charge in [0.15, 0.2) is 0 Å². The van der Waals surface area contributed by atoms with Crippen LogP contribution >= 0.6 is 0 Å². The molecule has 3 N–H and O–H groups in total. The van der Waals surface area contributed by atoms with Crippen LogP contribution in [-0.4, -0.2) is 52.9 Å². The molecule has 1 saturated heterocycles. The monoisotopic (exact) mass is 368 g/mol. The smallest absolute Gasteiger partial charge is 0.426 e. The first-order valence-corrected chi connectivity index (χ1v) is 9.44. The maximum absolute atomic E-state index is 12.3. The number of carbonyl (C=O) groups is 2. The Hall–Kier alpha value is -2.38. The number of amides is 2. The fraction of sp³-hybridized carbons (Fsp3) is 0.400. The van der Waals surface area contributed by atoms with Gasteiger partial charge in [-0.3, -0.25) is 9.59 Å². The third kappa shape index (κ3) is 5.08. The minimum atomic E-state index is -1.66. The number of fused-ring (bicyclic) bond motifs is 1. The summed E-state index contributed by atoms with van der Waals surface area (Å²) in [5.74, 6) is -1.00. The number of likely N-dealkylation sites (tertiary alicyclic amines) is 1. The summed E-state index contributed by atoms with van der Waals surface area (Å²) in [7, 11) is -1.66. The van der Waals surface area contributed by atoms with E-state index in [9.17, 15) is 19.6 Å². The fourth-order valence-corrected chi connectivity index (χ4v) is 3.55. The molecule has 3 rings (SSSR count). The molecule has 1 fully saturated rings. The lowest BCUT2D eigenvalue weighted by atomic mass is 9.75. The molecule has 2 aromatic carbocycles. The molecule has 1 aliphatic rings. The highest BCUT2D eigenvalue weighted by Gasteiger charge is 2.27. The number of piperidine rings is 1. The summed E-state index contributed by atoms with van der Waals surface area (Å²) in [5.41, 5.74) is 0.942. The van der Waals surface area contributed by atoms with Gasteiger partial charge in [-0.2, -0.15) is 0 Å². The zero-order chi connectivity index (χ0) is 19.2. The van der Waals surface area contributed by atoms with Gasteiger partial charge in [0.2, 0.25) is 11.8 Å². The Bertz CT molecular complexity index is 806. The second kappa shape index (κ2) is 9.02. The molecule has 2 amide bonds. The van der Waals surface area contributed by atoms with E-state index < -0.39 is 13.1 Å². The third-order valence-corrected chi connectivity index (χ3v) is 5.06. The van der Waals surface area contributed by atoms with Crippen LogP contribution in [0.25, 0.3) is 10.8 Å². The number of hydrogen-bond acceptors (Lipinski definition) is 4. The van der Waals surface area contributed by atoms with Gasteiger partial charge in [0.1, 0.15) is 0 Å². The lowest BCUT2D eigenvalue weighted by Crippen LogP contribution is -2.48. The van der Waals surface area contributed by atoms with Crippen molar-refractivity contribution in [1.29, 1.82) is 0 Å². The van der Waals surface area contributed by atoms with Crippen LogP contribution in [0.2, 0.25) is 0 Å². The molecule has 7 heteroatoms. The second-order valence-corrected chi connectivity index (χ2v) is 7.02. The minimum absolute atomic E-state index is 0.0866. The average Bonchev–Trinajstić information content (AvgIpc) is 2.67. The predicted molar refractivity (Wildman–Crippen MR) is 105 cm³/mol. The molecule has 0 aliphatic carbocycles. The lowest BCUT2D eigenvalue weighted by Gasteiger charge is -2.27. The van der Waals surface area contributed by atoms with Gasteiger partial charge in [-0.05, 0) is 35.6 Å². The van der Waals surface area contributed by atoms with E-state index in [2.05, 4.69) is 5.32 Å². The van der Waals surface area contributed by atoms with Crippen LogP contribution in [0.15, 0.2) is 42.5 Å². The number of nitrogens with one attached hydrogen (secondary N) is 1. The van der Waals surface area contributed by atoms with E-state index in [0.29, 0.717) is 25.9 Å². The molecule has 2 aromatic rings. The highest BCUT2D eigenvalue weighted by molar-refractivity contribution is 6.43. The van der Waals surface area contributed by atoms with Crippen molar-refractivity contribution in [3.63, 3.8) is 0 Å². The normalized spacial score (nSPS) is 15.6. The predicted octanol–water partition coefficient (Wildman–Crippen LogP) is 1.28. The molecular weight excluding hydrogens is 343 g/mol. The first kappa shape index (κ1) is 19.4. The molecule has 142 valence electrons. The van der Waals surface area contributed by atoms with Crippen LogP contribution in [0, 0.1) is 0 Å². The lowest BCUT2D eigenvalue weighted by molar-refractivity contribution is -0.133. The first-order valence-electron chi connectivity index (χ1n) is 9.44. The van der Waals surface area contributed by atoms with Crippen molar-refractivity contribution in [3.05, 3.63) is 48.0 Å². The Kier molecular flexibility index (Phi) is 6.47. The van der Waals surface area contributed by atoms with Gasteiger partial charge >= 0.3 is 7.12 Å². The van der Waals surface area contributed by atoms with Crippen molar-refractivity contribution < 1.29 is 19.6 Å². The van der Waals surface area contributed by atoms with Crippen LogP contribution in [0.3, 0.4) is 0 Å². The first-order chi connectivity index (χ1) is 13.0. The van der Waals surface area contributed by atoms with E-state index in [-0.39, 0.29) is 18.2 Å². The van der Waals surface area contributed by atoms with Crippen LogP contribution < -0.4 is 5.32 Å². The third-order valence-electron chi connectivity index (χ3n) is 5.06. The van der Waals surface area contributed by atoms with Gasteiger partial charge in [0, 0.05) is 25.9 Å². The van der Waals surface area contributed by atoms with Gasteiger partial charge < -0.3 is 20.3 Å². The Morgan fingerprint density at radius 1 is 1.15 bits per heavy atom. The zero-order valence-corrected chi connectivity index (χ0v) is 15.3. The molecule has 0 radical (unpaired) electrons. The van der Waals surface area contributed by atoms with Crippen molar-refractivity contribution in [2.45, 2.75) is 38.0 Å². The molecule has 0 spiro atoms. The van der Waals surface area contributed by atoms with E-state index in [1.165, 1.54) is 0 Å². The summed E-state index contributed by atoms with van der Waals surface area (Å²) in [4.78, 5) is 25.8. The van der Waals surface area contributed by atoms with Gasteiger partial charge in [0.25, 0.3) is 0 Å². The fourth-order valence-electron chi connectivity index (χ4n) is 3.55. The summed E-state index contributed by atoms with van der Waals surface area (Å²) in [6, 6.07) is 13.7. The van der Waals surface area contributed by atoms with Crippen molar-refractivity contribution in [2.75, 3.05) is 13.1 Å². The van der Waals surface area contributed by atoms with Crippen molar-refractivity contribution >= 4 is 29.7 Å². The number of nitrogens with zero attached hydrogens (tertiary/aromatic N) is 1. The minimum Gasteiger partial charge on any atom is -0.426 e. The van der Waals surface area contributed by atoms with E-state index >= 15 is 0 Å². The Morgan fingerprint density at radius 3 is 2.70 bits per heavy atom. The van der Waals surface area contributed by atoms with Gasteiger partial charge in [0.05, 0.1) is 5.94 Å². The van der Waals surface area contributed by atoms with Crippen molar-refractivity contribution in [1.82, 2.24) is 10.2 Å². The molecule has 27 heavy (non-hydrogen) atoms. The van der Waals surface area contributed by atoms with E-state index in [0.717, 1.165) is 29.2 Å². The van der Waals surface area contributed by atoms with Gasteiger partial charge in [-0.25, -0.2) is 0 Å².